The molecule has 0 amide bonds. The maximum absolute atomic E-state index is 13.7. The number of rotatable bonds is 3. The van der Waals surface area contributed by atoms with E-state index >= 15 is 0 Å². The van der Waals surface area contributed by atoms with Gasteiger partial charge in [0.1, 0.15) is 5.82 Å². The van der Waals surface area contributed by atoms with E-state index in [9.17, 15) is 4.39 Å². The van der Waals surface area contributed by atoms with Crippen molar-refractivity contribution >= 4 is 0 Å². The third kappa shape index (κ3) is 2.88. The minimum atomic E-state index is -0.247. The lowest BCUT2D eigenvalue weighted by Gasteiger charge is -2.44. The summed E-state index contributed by atoms with van der Waals surface area (Å²) in [5.74, 6) is 1.16. The maximum Gasteiger partial charge on any atom is 0.232 e. The Balaban J connectivity index is 1.42. The second-order valence-electron chi connectivity index (χ2n) is 6.41. The molecular weight excluding hydrogens is 297 g/mol. The van der Waals surface area contributed by atoms with Crippen LogP contribution in [0.4, 0.5) is 4.39 Å². The predicted molar refractivity (Wildman–Crippen MR) is 82.6 cm³/mol. The van der Waals surface area contributed by atoms with Crippen LogP contribution in [0.1, 0.15) is 30.2 Å². The first-order valence-electron chi connectivity index (χ1n) is 8.12. The number of hydrogen-bond donors (Lipinski definition) is 0. The molecule has 1 aromatic carbocycles. The van der Waals surface area contributed by atoms with E-state index in [-0.39, 0.29) is 11.7 Å². The van der Waals surface area contributed by atoms with Gasteiger partial charge in [-0.2, -0.15) is 4.98 Å². The molecule has 5 nitrogen and oxygen atoms in total. The van der Waals surface area contributed by atoms with E-state index in [1.165, 1.54) is 6.07 Å². The van der Waals surface area contributed by atoms with Gasteiger partial charge < -0.3 is 9.26 Å². The summed E-state index contributed by atoms with van der Waals surface area (Å²) in [5.41, 5.74) is 1.27. The van der Waals surface area contributed by atoms with E-state index in [2.05, 4.69) is 15.0 Å². The maximum atomic E-state index is 13.7. The summed E-state index contributed by atoms with van der Waals surface area (Å²) in [6, 6.07) is 5.63. The molecule has 0 spiro atoms. The summed E-state index contributed by atoms with van der Waals surface area (Å²) in [6.07, 6.45) is 2.20. The lowest BCUT2D eigenvalue weighted by Crippen LogP contribution is -2.52. The minimum absolute atomic E-state index is 0.247. The van der Waals surface area contributed by atoms with Gasteiger partial charge in [0.05, 0.1) is 5.92 Å². The van der Waals surface area contributed by atoms with E-state index in [1.54, 1.807) is 13.0 Å². The number of benzene rings is 1. The van der Waals surface area contributed by atoms with Crippen LogP contribution in [0.25, 0.3) is 11.4 Å². The number of aromatic nitrogens is 2. The van der Waals surface area contributed by atoms with E-state index in [4.69, 9.17) is 9.26 Å². The molecule has 2 saturated heterocycles. The summed E-state index contributed by atoms with van der Waals surface area (Å²) in [4.78, 5) is 6.92. The van der Waals surface area contributed by atoms with Crippen molar-refractivity contribution in [3.8, 4) is 11.4 Å². The van der Waals surface area contributed by atoms with Crippen LogP contribution in [0.5, 0.6) is 0 Å². The molecule has 2 aromatic rings. The summed E-state index contributed by atoms with van der Waals surface area (Å²) < 4.78 is 24.5. The molecule has 0 aliphatic carbocycles. The molecule has 0 atom stereocenters. The third-order valence-corrected chi connectivity index (χ3v) is 4.84. The lowest BCUT2D eigenvalue weighted by molar-refractivity contribution is -0.00324. The van der Waals surface area contributed by atoms with Gasteiger partial charge in [-0.3, -0.25) is 4.90 Å². The van der Waals surface area contributed by atoms with Crippen molar-refractivity contribution in [1.82, 2.24) is 15.0 Å². The van der Waals surface area contributed by atoms with Gasteiger partial charge in [0.25, 0.3) is 0 Å². The van der Waals surface area contributed by atoms with E-state index in [1.807, 2.05) is 6.07 Å². The summed E-state index contributed by atoms with van der Waals surface area (Å²) in [6.45, 7) is 5.36. The molecule has 23 heavy (non-hydrogen) atoms. The average Bonchev–Trinajstić information content (AvgIpc) is 2.99. The van der Waals surface area contributed by atoms with Crippen molar-refractivity contribution < 1.29 is 13.7 Å². The fraction of sp³-hybridized carbons (Fsp3) is 0.529. The first-order chi connectivity index (χ1) is 11.2. The SMILES string of the molecule is Cc1ccc(-c2noc(C3CN(C4CCOCC4)C3)n2)cc1F. The highest BCUT2D eigenvalue weighted by Crippen LogP contribution is 2.31. The first kappa shape index (κ1) is 14.8. The number of likely N-dealkylation sites (tertiary alicyclic amines) is 1. The summed E-state index contributed by atoms with van der Waals surface area (Å²) in [5, 5.41) is 4.01. The van der Waals surface area contributed by atoms with Crippen LogP contribution in [0, 0.1) is 12.7 Å². The van der Waals surface area contributed by atoms with Gasteiger partial charge in [0, 0.05) is 37.9 Å². The second kappa shape index (κ2) is 6.02. The fourth-order valence-electron chi connectivity index (χ4n) is 3.27. The third-order valence-electron chi connectivity index (χ3n) is 4.84. The lowest BCUT2D eigenvalue weighted by atomic mass is 9.94. The molecule has 122 valence electrons. The highest BCUT2D eigenvalue weighted by Gasteiger charge is 2.37. The highest BCUT2D eigenvalue weighted by atomic mass is 19.1. The monoisotopic (exact) mass is 317 g/mol. The Morgan fingerprint density at radius 3 is 2.74 bits per heavy atom. The van der Waals surface area contributed by atoms with Crippen molar-refractivity contribution in [3.05, 3.63) is 35.5 Å². The van der Waals surface area contributed by atoms with Crippen molar-refractivity contribution in [3.63, 3.8) is 0 Å². The number of ether oxygens (including phenoxy) is 1. The first-order valence-corrected chi connectivity index (χ1v) is 8.12. The molecule has 0 radical (unpaired) electrons. The standard InChI is InChI=1S/C17H20FN3O2/c1-11-2-3-12(8-15(11)18)16-19-17(23-20-16)13-9-21(10-13)14-4-6-22-7-5-14/h2-3,8,13-14H,4-7,9-10H2,1H3. The zero-order chi connectivity index (χ0) is 15.8. The number of hydrogen-bond acceptors (Lipinski definition) is 5. The largest absolute Gasteiger partial charge is 0.381 e. The second-order valence-corrected chi connectivity index (χ2v) is 6.41. The fourth-order valence-corrected chi connectivity index (χ4v) is 3.27. The van der Waals surface area contributed by atoms with Crippen LogP contribution in [-0.2, 0) is 4.74 Å². The van der Waals surface area contributed by atoms with Crippen LogP contribution < -0.4 is 0 Å². The Bertz CT molecular complexity index is 691. The Morgan fingerprint density at radius 1 is 1.22 bits per heavy atom. The molecule has 6 heteroatoms. The highest BCUT2D eigenvalue weighted by molar-refractivity contribution is 5.55. The van der Waals surface area contributed by atoms with Crippen molar-refractivity contribution in [1.29, 1.82) is 0 Å². The molecule has 2 aliphatic rings. The zero-order valence-electron chi connectivity index (χ0n) is 13.2. The molecule has 2 aliphatic heterocycles. The Labute approximate surface area is 134 Å². The molecular formula is C17H20FN3O2. The van der Waals surface area contributed by atoms with Crippen LogP contribution >= 0.6 is 0 Å². The van der Waals surface area contributed by atoms with Gasteiger partial charge in [0.2, 0.25) is 11.7 Å². The van der Waals surface area contributed by atoms with Crippen molar-refractivity contribution in [2.24, 2.45) is 0 Å². The predicted octanol–water partition coefficient (Wildman–Crippen LogP) is 2.76. The van der Waals surface area contributed by atoms with Gasteiger partial charge >= 0.3 is 0 Å². The molecule has 0 unspecified atom stereocenters. The molecule has 2 fully saturated rings. The van der Waals surface area contributed by atoms with Crippen LogP contribution in [0.15, 0.2) is 22.7 Å². The summed E-state index contributed by atoms with van der Waals surface area (Å²) in [7, 11) is 0. The number of aryl methyl sites for hydroxylation is 1. The average molecular weight is 317 g/mol. The summed E-state index contributed by atoms with van der Waals surface area (Å²) >= 11 is 0. The topological polar surface area (TPSA) is 51.4 Å². The zero-order valence-corrected chi connectivity index (χ0v) is 13.2. The van der Waals surface area contributed by atoms with Crippen LogP contribution in [0.3, 0.4) is 0 Å². The molecule has 4 rings (SSSR count). The van der Waals surface area contributed by atoms with Gasteiger partial charge in [-0.05, 0) is 31.4 Å². The molecule has 0 saturated carbocycles. The van der Waals surface area contributed by atoms with Gasteiger partial charge in [-0.15, -0.1) is 0 Å². The van der Waals surface area contributed by atoms with Crippen molar-refractivity contribution in [2.75, 3.05) is 26.3 Å². The Morgan fingerprint density at radius 2 is 2.00 bits per heavy atom. The number of nitrogens with zero attached hydrogens (tertiary/aromatic N) is 3. The number of halogens is 1. The van der Waals surface area contributed by atoms with E-state index in [0.29, 0.717) is 28.9 Å². The smallest absolute Gasteiger partial charge is 0.232 e. The quantitative estimate of drug-likeness (QED) is 0.871. The molecule has 3 heterocycles. The molecule has 0 bridgehead atoms. The van der Waals surface area contributed by atoms with Crippen LogP contribution in [0.2, 0.25) is 0 Å². The normalized spacial score (nSPS) is 20.6. The van der Waals surface area contributed by atoms with Gasteiger partial charge in [0.15, 0.2) is 0 Å². The van der Waals surface area contributed by atoms with Crippen LogP contribution in [-0.4, -0.2) is 47.4 Å². The molecule has 0 N–H and O–H groups in total. The van der Waals surface area contributed by atoms with Gasteiger partial charge in [-0.1, -0.05) is 17.3 Å². The minimum Gasteiger partial charge on any atom is -0.381 e. The van der Waals surface area contributed by atoms with E-state index in [0.717, 1.165) is 39.1 Å². The Hall–Kier alpha value is -1.79. The van der Waals surface area contributed by atoms with E-state index < -0.39 is 0 Å². The molecule has 1 aromatic heterocycles. The van der Waals surface area contributed by atoms with Crippen molar-refractivity contribution in [2.45, 2.75) is 31.7 Å². The Kier molecular flexibility index (Phi) is 3.87. The van der Waals surface area contributed by atoms with Gasteiger partial charge in [-0.25, -0.2) is 4.39 Å².